The summed E-state index contributed by atoms with van der Waals surface area (Å²) in [6, 6.07) is 6.37. The fourth-order valence-electron chi connectivity index (χ4n) is 1.48. The lowest BCUT2D eigenvalue weighted by molar-refractivity contribution is 0.0691. The molecule has 0 spiro atoms. The average Bonchev–Trinajstić information content (AvgIpc) is 2.39. The zero-order chi connectivity index (χ0) is 14.4. The molecule has 2 N–H and O–H groups in total. The monoisotopic (exact) mass is 261 g/mol. The van der Waals surface area contributed by atoms with Crippen molar-refractivity contribution in [2.24, 2.45) is 0 Å². The van der Waals surface area contributed by atoms with Crippen LogP contribution in [0.1, 0.15) is 42.7 Å². The van der Waals surface area contributed by atoms with Crippen LogP contribution in [0.2, 0.25) is 0 Å². The number of H-pyrrole nitrogens is 1. The van der Waals surface area contributed by atoms with Crippen molar-refractivity contribution in [2.45, 2.75) is 33.6 Å². The van der Waals surface area contributed by atoms with E-state index in [1.54, 1.807) is 12.1 Å². The molecule has 2 rings (SSSR count). The highest BCUT2D eigenvalue weighted by Gasteiger charge is 2.07. The highest BCUT2D eigenvalue weighted by atomic mass is 16.4. The number of carbonyl (C=O) groups is 1. The van der Waals surface area contributed by atoms with Crippen molar-refractivity contribution in [3.05, 3.63) is 45.7 Å². The van der Waals surface area contributed by atoms with E-state index in [-0.39, 0.29) is 11.1 Å². The summed E-state index contributed by atoms with van der Waals surface area (Å²) in [4.78, 5) is 25.0. The van der Waals surface area contributed by atoms with E-state index in [0.29, 0.717) is 10.9 Å². The van der Waals surface area contributed by atoms with Gasteiger partial charge in [-0.1, -0.05) is 38.3 Å². The number of unbranched alkanes of at least 4 members (excludes halogenated alkanes) is 1. The van der Waals surface area contributed by atoms with Crippen molar-refractivity contribution in [3.63, 3.8) is 0 Å². The summed E-state index contributed by atoms with van der Waals surface area (Å²) < 4.78 is 0. The number of nitrogens with one attached hydrogen (secondary N) is 1. The summed E-state index contributed by atoms with van der Waals surface area (Å²) in [6.45, 7) is 6.24. The van der Waals surface area contributed by atoms with Crippen molar-refractivity contribution in [3.8, 4) is 0 Å². The molecule has 0 amide bonds. The Balaban J connectivity index is 0.000000399. The van der Waals surface area contributed by atoms with E-state index >= 15 is 0 Å². The number of carboxylic acid groups (broad SMARTS) is 1. The number of fused-ring (bicyclic) bond motifs is 1. The van der Waals surface area contributed by atoms with Gasteiger partial charge in [0, 0.05) is 17.0 Å². The third kappa shape index (κ3) is 3.95. The lowest BCUT2D eigenvalue weighted by atomic mass is 10.1. The Morgan fingerprint density at radius 1 is 1.21 bits per heavy atom. The van der Waals surface area contributed by atoms with Crippen LogP contribution in [-0.2, 0) is 0 Å². The first-order chi connectivity index (χ1) is 8.99. The second kappa shape index (κ2) is 6.73. The van der Waals surface area contributed by atoms with Crippen LogP contribution < -0.4 is 5.43 Å². The van der Waals surface area contributed by atoms with Crippen LogP contribution in [0.25, 0.3) is 10.9 Å². The fraction of sp³-hybridized carbons (Fsp3) is 0.333. The number of aromatic amines is 1. The minimum atomic E-state index is -1.13. The molecule has 4 nitrogen and oxygen atoms in total. The van der Waals surface area contributed by atoms with Gasteiger partial charge in [0.25, 0.3) is 0 Å². The standard InChI is InChI=1S/C11H9NO3.C4H10/c1-6-2-3-8-7(4-6)10(13)5-9(12-8)11(14)15;1-3-4-2/h2-5H,1H3,(H,12,13)(H,14,15);3-4H2,1-2H3. The van der Waals surface area contributed by atoms with Crippen molar-refractivity contribution in [2.75, 3.05) is 0 Å². The molecule has 0 radical (unpaired) electrons. The first kappa shape index (κ1) is 15.0. The molecule has 0 fully saturated rings. The Labute approximate surface area is 112 Å². The molecule has 0 saturated heterocycles. The summed E-state index contributed by atoms with van der Waals surface area (Å²) in [5.74, 6) is -1.13. The SMILES string of the molecule is CCCC.Cc1ccc2[nH]c(C(=O)O)cc(=O)c2c1. The molecule has 2 aromatic rings. The largest absolute Gasteiger partial charge is 0.477 e. The lowest BCUT2D eigenvalue weighted by Crippen LogP contribution is -2.09. The lowest BCUT2D eigenvalue weighted by Gasteiger charge is -2.01. The molecular weight excluding hydrogens is 242 g/mol. The van der Waals surface area contributed by atoms with E-state index in [9.17, 15) is 9.59 Å². The molecule has 19 heavy (non-hydrogen) atoms. The van der Waals surface area contributed by atoms with Gasteiger partial charge in [0.15, 0.2) is 5.43 Å². The van der Waals surface area contributed by atoms with Crippen molar-refractivity contribution in [1.82, 2.24) is 4.98 Å². The first-order valence-electron chi connectivity index (χ1n) is 6.36. The number of aromatic carboxylic acids is 1. The molecule has 0 aliphatic heterocycles. The molecule has 1 aromatic heterocycles. The number of rotatable bonds is 2. The number of hydrogen-bond donors (Lipinski definition) is 2. The summed E-state index contributed by atoms with van der Waals surface area (Å²) in [7, 11) is 0. The van der Waals surface area contributed by atoms with Crippen LogP contribution in [0.4, 0.5) is 0 Å². The van der Waals surface area contributed by atoms with E-state index in [2.05, 4.69) is 18.8 Å². The average molecular weight is 261 g/mol. The molecule has 0 aliphatic carbocycles. The smallest absolute Gasteiger partial charge is 0.352 e. The molecule has 102 valence electrons. The van der Waals surface area contributed by atoms with Crippen LogP contribution in [0.15, 0.2) is 29.1 Å². The zero-order valence-electron chi connectivity index (χ0n) is 11.5. The van der Waals surface area contributed by atoms with Gasteiger partial charge in [-0.05, 0) is 19.1 Å². The van der Waals surface area contributed by atoms with Crippen LogP contribution in [0.3, 0.4) is 0 Å². The summed E-state index contributed by atoms with van der Waals surface area (Å²) >= 11 is 0. The van der Waals surface area contributed by atoms with Gasteiger partial charge in [-0.15, -0.1) is 0 Å². The second-order valence-corrected chi connectivity index (χ2v) is 4.40. The van der Waals surface area contributed by atoms with Gasteiger partial charge < -0.3 is 10.1 Å². The number of aryl methyl sites for hydroxylation is 1. The van der Waals surface area contributed by atoms with Gasteiger partial charge in [-0.2, -0.15) is 0 Å². The van der Waals surface area contributed by atoms with Crippen molar-refractivity contribution >= 4 is 16.9 Å². The first-order valence-corrected chi connectivity index (χ1v) is 6.36. The van der Waals surface area contributed by atoms with Gasteiger partial charge in [0.05, 0.1) is 0 Å². The van der Waals surface area contributed by atoms with E-state index in [0.717, 1.165) is 11.6 Å². The van der Waals surface area contributed by atoms with Gasteiger partial charge in [0.2, 0.25) is 0 Å². The summed E-state index contributed by atoms with van der Waals surface area (Å²) in [5.41, 5.74) is 1.16. The maximum atomic E-state index is 11.6. The molecule has 4 heteroatoms. The summed E-state index contributed by atoms with van der Waals surface area (Å²) in [6.07, 6.45) is 2.64. The highest BCUT2D eigenvalue weighted by molar-refractivity contribution is 5.89. The van der Waals surface area contributed by atoms with Crippen LogP contribution in [-0.4, -0.2) is 16.1 Å². The van der Waals surface area contributed by atoms with E-state index < -0.39 is 5.97 Å². The number of aromatic nitrogens is 1. The molecule has 0 atom stereocenters. The van der Waals surface area contributed by atoms with Gasteiger partial charge >= 0.3 is 5.97 Å². The number of carboxylic acids is 1. The number of benzene rings is 1. The quantitative estimate of drug-likeness (QED) is 0.871. The van der Waals surface area contributed by atoms with E-state index in [4.69, 9.17) is 5.11 Å². The van der Waals surface area contributed by atoms with Gasteiger partial charge in [-0.3, -0.25) is 4.79 Å². The fourth-order valence-corrected chi connectivity index (χ4v) is 1.48. The Bertz CT molecular complexity index is 627. The molecule has 0 aliphatic rings. The Hall–Kier alpha value is -2.10. The van der Waals surface area contributed by atoms with Gasteiger partial charge in [-0.25, -0.2) is 4.79 Å². The maximum Gasteiger partial charge on any atom is 0.352 e. The molecule has 1 aromatic carbocycles. The van der Waals surface area contributed by atoms with E-state index in [1.807, 2.05) is 13.0 Å². The third-order valence-electron chi connectivity index (χ3n) is 2.72. The maximum absolute atomic E-state index is 11.6. The molecule has 0 bridgehead atoms. The van der Waals surface area contributed by atoms with Crippen molar-refractivity contribution in [1.29, 1.82) is 0 Å². The molecular formula is C15H19NO3. The van der Waals surface area contributed by atoms with Gasteiger partial charge in [0.1, 0.15) is 5.69 Å². The minimum absolute atomic E-state index is 0.0867. The molecule has 0 saturated carbocycles. The normalized spacial score (nSPS) is 9.84. The van der Waals surface area contributed by atoms with Crippen LogP contribution in [0.5, 0.6) is 0 Å². The molecule has 1 heterocycles. The predicted molar refractivity (Wildman–Crippen MR) is 76.8 cm³/mol. The second-order valence-electron chi connectivity index (χ2n) is 4.40. The third-order valence-corrected chi connectivity index (χ3v) is 2.72. The predicted octanol–water partition coefficient (Wildman–Crippen LogP) is 3.34. The Morgan fingerprint density at radius 3 is 2.37 bits per heavy atom. The zero-order valence-corrected chi connectivity index (χ0v) is 11.5. The number of hydrogen-bond acceptors (Lipinski definition) is 2. The van der Waals surface area contributed by atoms with Crippen LogP contribution >= 0.6 is 0 Å². The minimum Gasteiger partial charge on any atom is -0.477 e. The van der Waals surface area contributed by atoms with Crippen molar-refractivity contribution < 1.29 is 9.90 Å². The summed E-state index contributed by atoms with van der Waals surface area (Å²) in [5, 5.41) is 9.27. The van der Waals surface area contributed by atoms with Crippen LogP contribution in [0, 0.1) is 6.92 Å². The Kier molecular flexibility index (Phi) is 5.30. The highest BCUT2D eigenvalue weighted by Crippen LogP contribution is 2.10. The number of pyridine rings is 1. The molecule has 0 unspecified atom stereocenters. The topological polar surface area (TPSA) is 70.2 Å². The van der Waals surface area contributed by atoms with E-state index in [1.165, 1.54) is 12.8 Å². The Morgan fingerprint density at radius 2 is 1.84 bits per heavy atom.